The van der Waals surface area contributed by atoms with Gasteiger partial charge < -0.3 is 10.7 Å². The third-order valence-electron chi connectivity index (χ3n) is 6.03. The standard InChI is InChI=1S/C20H23F3N2O.C9H14N2S/c1-4-5-6-19(25-12-15(3)13-26)17(20(21,22)23)11-18(24)16-9-7-14(2)8-10-16;1-11-6-3-2-4-8(11)9-10-5-7-12-9/h6-13,24-25H,4-5H2,1-3H3;5,7-8H,2-4,6H2,1H3/b15-12+,17-11+,19-6+,24-18?;. The Morgan fingerprint density at radius 1 is 1.26 bits per heavy atom. The van der Waals surface area contributed by atoms with Crippen molar-refractivity contribution in [2.75, 3.05) is 13.6 Å². The number of hydrogen-bond acceptors (Lipinski definition) is 6. The van der Waals surface area contributed by atoms with E-state index in [1.807, 2.05) is 20.0 Å². The van der Waals surface area contributed by atoms with Gasteiger partial charge in [0.05, 0.1) is 17.3 Å². The highest BCUT2D eigenvalue weighted by Crippen LogP contribution is 2.32. The molecule has 1 aromatic heterocycles. The fourth-order valence-electron chi connectivity index (χ4n) is 3.82. The SMILES string of the molecule is CCC/C=C(N/C=C(\C)C=O)\C(=C/C(=N)c1ccc(C)cc1)C(F)(F)F.CN1CCCCC1c1nccs1. The highest BCUT2D eigenvalue weighted by atomic mass is 32.1. The van der Waals surface area contributed by atoms with Crippen molar-refractivity contribution in [2.24, 2.45) is 0 Å². The number of aryl methyl sites for hydroxylation is 1. The molecule has 0 saturated carbocycles. The molecule has 5 nitrogen and oxygen atoms in total. The van der Waals surface area contributed by atoms with Crippen LogP contribution in [-0.2, 0) is 4.79 Å². The summed E-state index contributed by atoms with van der Waals surface area (Å²) in [5.41, 5.74) is 0.261. The van der Waals surface area contributed by atoms with Crippen LogP contribution in [0.15, 0.2) is 71.0 Å². The third kappa shape index (κ3) is 10.0. The molecule has 1 aliphatic heterocycles. The lowest BCUT2D eigenvalue weighted by molar-refractivity contribution is -0.104. The molecule has 206 valence electrons. The van der Waals surface area contributed by atoms with Crippen molar-refractivity contribution in [3.05, 3.63) is 87.2 Å². The molecule has 1 aromatic carbocycles. The molecule has 2 heterocycles. The highest BCUT2D eigenvalue weighted by Gasteiger charge is 2.36. The first-order chi connectivity index (χ1) is 18.1. The lowest BCUT2D eigenvalue weighted by Crippen LogP contribution is -2.29. The van der Waals surface area contributed by atoms with Crippen LogP contribution in [0.3, 0.4) is 0 Å². The molecule has 1 saturated heterocycles. The fourth-order valence-corrected chi connectivity index (χ4v) is 4.66. The molecule has 3 rings (SSSR count). The van der Waals surface area contributed by atoms with E-state index in [9.17, 15) is 18.0 Å². The number of alkyl halides is 3. The summed E-state index contributed by atoms with van der Waals surface area (Å²) in [5.74, 6) is 0. The summed E-state index contributed by atoms with van der Waals surface area (Å²) in [6.07, 6.45) is 6.36. The molecule has 38 heavy (non-hydrogen) atoms. The zero-order valence-electron chi connectivity index (χ0n) is 22.4. The summed E-state index contributed by atoms with van der Waals surface area (Å²) < 4.78 is 40.8. The minimum absolute atomic E-state index is 0.169. The van der Waals surface area contributed by atoms with Gasteiger partial charge in [0.1, 0.15) is 11.3 Å². The van der Waals surface area contributed by atoms with E-state index >= 15 is 0 Å². The molecule has 2 aromatic rings. The Kier molecular flexibility index (Phi) is 12.6. The van der Waals surface area contributed by atoms with Crippen LogP contribution in [-0.4, -0.2) is 41.7 Å². The Morgan fingerprint density at radius 3 is 2.53 bits per heavy atom. The molecule has 0 bridgehead atoms. The Labute approximate surface area is 227 Å². The molecule has 1 fully saturated rings. The number of rotatable bonds is 9. The van der Waals surface area contributed by atoms with E-state index in [1.54, 1.807) is 35.6 Å². The van der Waals surface area contributed by atoms with Crippen LogP contribution in [0.2, 0.25) is 0 Å². The van der Waals surface area contributed by atoms with Crippen LogP contribution in [0, 0.1) is 12.3 Å². The Morgan fingerprint density at radius 2 is 1.97 bits per heavy atom. The van der Waals surface area contributed by atoms with E-state index in [0.29, 0.717) is 30.7 Å². The average molecular weight is 547 g/mol. The Hall–Kier alpha value is -3.04. The number of unbranched alkanes of at least 4 members (excludes halogenated alkanes) is 1. The first-order valence-electron chi connectivity index (χ1n) is 12.7. The fraction of sp³-hybridized carbons (Fsp3) is 0.414. The monoisotopic (exact) mass is 546 g/mol. The van der Waals surface area contributed by atoms with Crippen LogP contribution in [0.1, 0.15) is 68.1 Å². The van der Waals surface area contributed by atoms with E-state index < -0.39 is 11.7 Å². The number of hydrogen-bond donors (Lipinski definition) is 2. The van der Waals surface area contributed by atoms with Crippen molar-refractivity contribution >= 4 is 23.3 Å². The normalized spacial score (nSPS) is 17.4. The molecule has 1 atom stereocenters. The Bertz CT molecular complexity index is 1120. The van der Waals surface area contributed by atoms with E-state index in [-0.39, 0.29) is 17.0 Å². The molecule has 1 aliphatic rings. The van der Waals surface area contributed by atoms with Crippen molar-refractivity contribution < 1.29 is 18.0 Å². The van der Waals surface area contributed by atoms with E-state index in [1.165, 1.54) is 50.0 Å². The highest BCUT2D eigenvalue weighted by molar-refractivity contribution is 7.09. The van der Waals surface area contributed by atoms with Gasteiger partial charge in [-0.3, -0.25) is 9.69 Å². The molecule has 0 aliphatic carbocycles. The molecule has 1 unspecified atom stereocenters. The number of aromatic nitrogens is 1. The number of halogens is 3. The molecule has 0 spiro atoms. The van der Waals surface area contributed by atoms with Crippen molar-refractivity contribution in [1.82, 2.24) is 15.2 Å². The molecule has 0 radical (unpaired) electrons. The summed E-state index contributed by atoms with van der Waals surface area (Å²) in [6, 6.07) is 7.31. The third-order valence-corrected chi connectivity index (χ3v) is 6.91. The van der Waals surface area contributed by atoms with Crippen LogP contribution in [0.4, 0.5) is 13.2 Å². The second-order valence-electron chi connectivity index (χ2n) is 9.26. The summed E-state index contributed by atoms with van der Waals surface area (Å²) in [6.45, 7) is 6.43. The van der Waals surface area contributed by atoms with Crippen LogP contribution < -0.4 is 5.32 Å². The summed E-state index contributed by atoms with van der Waals surface area (Å²) >= 11 is 1.78. The number of carbonyl (C=O) groups is 1. The smallest absolute Gasteiger partial charge is 0.361 e. The maximum Gasteiger partial charge on any atom is 0.418 e. The number of thiazole rings is 1. The van der Waals surface area contributed by atoms with Crippen molar-refractivity contribution in [1.29, 1.82) is 5.41 Å². The van der Waals surface area contributed by atoms with Gasteiger partial charge in [0.15, 0.2) is 0 Å². The zero-order valence-corrected chi connectivity index (χ0v) is 23.3. The zero-order chi connectivity index (χ0) is 28.1. The number of carbonyl (C=O) groups excluding carboxylic acids is 1. The quantitative estimate of drug-likeness (QED) is 0.148. The van der Waals surface area contributed by atoms with E-state index in [4.69, 9.17) is 5.41 Å². The Balaban J connectivity index is 0.000000347. The molecular weight excluding hydrogens is 509 g/mol. The van der Waals surface area contributed by atoms with E-state index in [0.717, 1.165) is 11.6 Å². The number of aldehydes is 1. The summed E-state index contributed by atoms with van der Waals surface area (Å²) in [5, 5.41) is 13.9. The predicted molar refractivity (Wildman–Crippen MR) is 149 cm³/mol. The minimum Gasteiger partial charge on any atom is -0.361 e. The number of benzene rings is 1. The second kappa shape index (κ2) is 15.4. The van der Waals surface area contributed by atoms with Crippen LogP contribution in [0.25, 0.3) is 0 Å². The first-order valence-corrected chi connectivity index (χ1v) is 13.6. The van der Waals surface area contributed by atoms with E-state index in [2.05, 4.69) is 27.6 Å². The molecule has 9 heteroatoms. The van der Waals surface area contributed by atoms with Gasteiger partial charge in [-0.05, 0) is 58.3 Å². The molecule has 2 N–H and O–H groups in total. The number of allylic oxidation sites excluding steroid dienone is 4. The maximum atomic E-state index is 13.6. The topological polar surface area (TPSA) is 69.1 Å². The van der Waals surface area contributed by atoms with Crippen molar-refractivity contribution in [2.45, 2.75) is 65.1 Å². The van der Waals surface area contributed by atoms with Gasteiger partial charge in [0.25, 0.3) is 0 Å². The van der Waals surface area contributed by atoms with Crippen LogP contribution in [0.5, 0.6) is 0 Å². The van der Waals surface area contributed by atoms with Gasteiger partial charge in [-0.15, -0.1) is 11.3 Å². The average Bonchev–Trinajstić information content (AvgIpc) is 3.42. The predicted octanol–water partition coefficient (Wildman–Crippen LogP) is 7.53. The summed E-state index contributed by atoms with van der Waals surface area (Å²) in [4.78, 5) is 17.5. The lowest BCUT2D eigenvalue weighted by Gasteiger charge is -2.30. The minimum atomic E-state index is -4.65. The number of nitrogens with one attached hydrogen (secondary N) is 2. The van der Waals surface area contributed by atoms with Gasteiger partial charge in [0.2, 0.25) is 0 Å². The van der Waals surface area contributed by atoms with Crippen molar-refractivity contribution in [3.8, 4) is 0 Å². The van der Waals surface area contributed by atoms with Gasteiger partial charge >= 0.3 is 6.18 Å². The van der Waals surface area contributed by atoms with Crippen LogP contribution >= 0.6 is 11.3 Å². The number of likely N-dealkylation sites (tertiary alicyclic amines) is 1. The second-order valence-corrected chi connectivity index (χ2v) is 10.2. The molecular formula is C29H37F3N4OS. The van der Waals surface area contributed by atoms with Crippen molar-refractivity contribution in [3.63, 3.8) is 0 Å². The largest absolute Gasteiger partial charge is 0.418 e. The first kappa shape index (κ1) is 31.2. The maximum absolute atomic E-state index is 13.6. The molecule has 0 amide bonds. The van der Waals surface area contributed by atoms with Gasteiger partial charge in [0, 0.05) is 29.0 Å². The lowest BCUT2D eigenvalue weighted by atomic mass is 10.0. The van der Waals surface area contributed by atoms with Gasteiger partial charge in [-0.2, -0.15) is 13.2 Å². The summed E-state index contributed by atoms with van der Waals surface area (Å²) in [7, 11) is 2.20. The van der Waals surface area contributed by atoms with Gasteiger partial charge in [-0.25, -0.2) is 4.98 Å². The number of piperidine rings is 1. The van der Waals surface area contributed by atoms with Gasteiger partial charge in [-0.1, -0.05) is 55.7 Å². The number of nitrogens with zero attached hydrogens (tertiary/aromatic N) is 2.